The quantitative estimate of drug-likeness (QED) is 0.914. The Morgan fingerprint density at radius 1 is 1.35 bits per heavy atom. The molecule has 1 saturated heterocycles. The normalized spacial score (nSPS) is 20.7. The van der Waals surface area contributed by atoms with E-state index in [4.69, 9.17) is 0 Å². The number of carbonyl (C=O) groups is 1. The number of likely N-dealkylation sites (tertiary alicyclic amines) is 1. The summed E-state index contributed by atoms with van der Waals surface area (Å²) in [7, 11) is 0. The number of carbonyl (C=O) groups excluding carboxylic acids is 1. The molecule has 1 aliphatic rings. The third-order valence-electron chi connectivity index (χ3n) is 3.60. The van der Waals surface area contributed by atoms with Gasteiger partial charge in [0.1, 0.15) is 0 Å². The molecule has 3 heteroatoms. The number of nitrogens with zero attached hydrogens (tertiary/aromatic N) is 1. The SMILES string of the molecule is CC(=O)NC1CCCN(C/C(C)=C/c2ccccc2)C1. The Labute approximate surface area is 121 Å². The van der Waals surface area contributed by atoms with Gasteiger partial charge in [0.25, 0.3) is 0 Å². The maximum atomic E-state index is 11.1. The molecular formula is C17H24N2O. The minimum atomic E-state index is 0.0772. The molecule has 1 heterocycles. The molecule has 0 radical (unpaired) electrons. The van der Waals surface area contributed by atoms with Crippen LogP contribution in [-0.4, -0.2) is 36.5 Å². The molecule has 1 amide bonds. The summed E-state index contributed by atoms with van der Waals surface area (Å²) in [5, 5.41) is 3.03. The van der Waals surface area contributed by atoms with Crippen LogP contribution < -0.4 is 5.32 Å². The molecule has 3 nitrogen and oxygen atoms in total. The molecule has 0 aliphatic carbocycles. The molecule has 1 fully saturated rings. The van der Waals surface area contributed by atoms with Gasteiger partial charge in [0.15, 0.2) is 0 Å². The maximum absolute atomic E-state index is 11.1. The van der Waals surface area contributed by atoms with Gasteiger partial charge in [-0.05, 0) is 31.9 Å². The Morgan fingerprint density at radius 3 is 2.80 bits per heavy atom. The van der Waals surface area contributed by atoms with Crippen LogP contribution in [0.3, 0.4) is 0 Å². The highest BCUT2D eigenvalue weighted by Gasteiger charge is 2.20. The average Bonchev–Trinajstić information content (AvgIpc) is 2.39. The minimum Gasteiger partial charge on any atom is -0.352 e. The van der Waals surface area contributed by atoms with Crippen molar-refractivity contribution in [2.75, 3.05) is 19.6 Å². The van der Waals surface area contributed by atoms with Crippen LogP contribution in [-0.2, 0) is 4.79 Å². The second kappa shape index (κ2) is 7.25. The zero-order chi connectivity index (χ0) is 14.4. The topological polar surface area (TPSA) is 32.3 Å². The fourth-order valence-electron chi connectivity index (χ4n) is 2.84. The lowest BCUT2D eigenvalue weighted by atomic mass is 10.0. The largest absolute Gasteiger partial charge is 0.352 e. The summed E-state index contributed by atoms with van der Waals surface area (Å²) in [6.45, 7) is 6.83. The van der Waals surface area contributed by atoms with Gasteiger partial charge in [-0.3, -0.25) is 9.69 Å². The van der Waals surface area contributed by atoms with Crippen LogP contribution in [0.4, 0.5) is 0 Å². The average molecular weight is 272 g/mol. The van der Waals surface area contributed by atoms with Gasteiger partial charge in [-0.15, -0.1) is 0 Å². The predicted molar refractivity (Wildman–Crippen MR) is 83.4 cm³/mol. The molecule has 1 aromatic rings. The lowest BCUT2D eigenvalue weighted by Gasteiger charge is -2.33. The molecular weight excluding hydrogens is 248 g/mol. The van der Waals surface area contributed by atoms with E-state index in [2.05, 4.69) is 47.5 Å². The molecule has 1 atom stereocenters. The van der Waals surface area contributed by atoms with Gasteiger partial charge < -0.3 is 5.32 Å². The summed E-state index contributed by atoms with van der Waals surface area (Å²) in [5.74, 6) is 0.0772. The Kier molecular flexibility index (Phi) is 5.36. The molecule has 20 heavy (non-hydrogen) atoms. The van der Waals surface area contributed by atoms with E-state index in [1.807, 2.05) is 6.07 Å². The van der Waals surface area contributed by atoms with Crippen LogP contribution in [0.1, 0.15) is 32.3 Å². The van der Waals surface area contributed by atoms with Crippen LogP contribution in [0.2, 0.25) is 0 Å². The van der Waals surface area contributed by atoms with Crippen molar-refractivity contribution in [2.24, 2.45) is 0 Å². The highest BCUT2D eigenvalue weighted by Crippen LogP contribution is 2.13. The molecule has 1 N–H and O–H groups in total. The fourth-order valence-corrected chi connectivity index (χ4v) is 2.84. The summed E-state index contributed by atoms with van der Waals surface area (Å²) in [6, 6.07) is 10.7. The smallest absolute Gasteiger partial charge is 0.217 e. The maximum Gasteiger partial charge on any atom is 0.217 e. The van der Waals surface area contributed by atoms with Crippen molar-refractivity contribution < 1.29 is 4.79 Å². The Balaban J connectivity index is 1.89. The van der Waals surface area contributed by atoms with Gasteiger partial charge in [0, 0.05) is 26.1 Å². The van der Waals surface area contributed by atoms with Crippen LogP contribution >= 0.6 is 0 Å². The van der Waals surface area contributed by atoms with Crippen molar-refractivity contribution >= 4 is 12.0 Å². The van der Waals surface area contributed by atoms with Gasteiger partial charge >= 0.3 is 0 Å². The van der Waals surface area contributed by atoms with Crippen LogP contribution in [0, 0.1) is 0 Å². The van der Waals surface area contributed by atoms with Gasteiger partial charge in [-0.1, -0.05) is 42.0 Å². The number of piperidine rings is 1. The fraction of sp³-hybridized carbons (Fsp3) is 0.471. The first kappa shape index (κ1) is 14.8. The molecule has 0 aromatic heterocycles. The van der Waals surface area contributed by atoms with Crippen LogP contribution in [0.15, 0.2) is 35.9 Å². The minimum absolute atomic E-state index is 0.0772. The van der Waals surface area contributed by atoms with Gasteiger partial charge in [-0.2, -0.15) is 0 Å². The molecule has 0 bridgehead atoms. The van der Waals surface area contributed by atoms with E-state index in [0.717, 1.165) is 32.5 Å². The number of benzene rings is 1. The molecule has 108 valence electrons. The van der Waals surface area contributed by atoms with Crippen molar-refractivity contribution in [1.29, 1.82) is 0 Å². The van der Waals surface area contributed by atoms with E-state index in [9.17, 15) is 4.79 Å². The van der Waals surface area contributed by atoms with E-state index in [1.165, 1.54) is 11.1 Å². The third-order valence-corrected chi connectivity index (χ3v) is 3.60. The number of hydrogen-bond acceptors (Lipinski definition) is 2. The Bertz CT molecular complexity index is 467. The lowest BCUT2D eigenvalue weighted by molar-refractivity contribution is -0.120. The predicted octanol–water partition coefficient (Wildman–Crippen LogP) is 2.69. The third kappa shape index (κ3) is 4.82. The van der Waals surface area contributed by atoms with Crippen LogP contribution in [0.25, 0.3) is 6.08 Å². The first-order chi connectivity index (χ1) is 9.63. The van der Waals surface area contributed by atoms with Crippen molar-refractivity contribution in [2.45, 2.75) is 32.7 Å². The zero-order valence-electron chi connectivity index (χ0n) is 12.4. The number of amides is 1. The summed E-state index contributed by atoms with van der Waals surface area (Å²) in [5.41, 5.74) is 2.61. The molecule has 1 aliphatic heterocycles. The van der Waals surface area contributed by atoms with E-state index in [1.54, 1.807) is 6.92 Å². The van der Waals surface area contributed by atoms with Gasteiger partial charge in [0.2, 0.25) is 5.91 Å². The van der Waals surface area contributed by atoms with Crippen molar-refractivity contribution in [3.63, 3.8) is 0 Å². The number of hydrogen-bond donors (Lipinski definition) is 1. The number of rotatable bonds is 4. The molecule has 1 unspecified atom stereocenters. The molecule has 2 rings (SSSR count). The van der Waals surface area contributed by atoms with E-state index in [-0.39, 0.29) is 5.91 Å². The second-order valence-electron chi connectivity index (χ2n) is 5.68. The Hall–Kier alpha value is -1.61. The lowest BCUT2D eigenvalue weighted by Crippen LogP contribution is -2.47. The summed E-state index contributed by atoms with van der Waals surface area (Å²) in [4.78, 5) is 13.6. The Morgan fingerprint density at radius 2 is 2.10 bits per heavy atom. The molecule has 1 aromatic carbocycles. The summed E-state index contributed by atoms with van der Waals surface area (Å²) in [6.07, 6.45) is 4.49. The van der Waals surface area contributed by atoms with E-state index < -0.39 is 0 Å². The van der Waals surface area contributed by atoms with Gasteiger partial charge in [0.05, 0.1) is 0 Å². The van der Waals surface area contributed by atoms with Crippen molar-refractivity contribution in [1.82, 2.24) is 10.2 Å². The second-order valence-corrected chi connectivity index (χ2v) is 5.68. The zero-order valence-corrected chi connectivity index (χ0v) is 12.4. The monoisotopic (exact) mass is 272 g/mol. The standard InChI is InChI=1S/C17H24N2O/c1-14(11-16-7-4-3-5-8-16)12-19-10-6-9-17(13-19)18-15(2)20/h3-5,7-8,11,17H,6,9-10,12-13H2,1-2H3,(H,18,20)/b14-11+. The molecule has 0 saturated carbocycles. The summed E-state index contributed by atoms with van der Waals surface area (Å²) >= 11 is 0. The highest BCUT2D eigenvalue weighted by atomic mass is 16.1. The van der Waals surface area contributed by atoms with Crippen molar-refractivity contribution in [3.05, 3.63) is 41.5 Å². The van der Waals surface area contributed by atoms with E-state index >= 15 is 0 Å². The first-order valence-electron chi connectivity index (χ1n) is 7.35. The van der Waals surface area contributed by atoms with Gasteiger partial charge in [-0.25, -0.2) is 0 Å². The van der Waals surface area contributed by atoms with Crippen LogP contribution in [0.5, 0.6) is 0 Å². The van der Waals surface area contributed by atoms with E-state index in [0.29, 0.717) is 6.04 Å². The van der Waals surface area contributed by atoms with Crippen molar-refractivity contribution in [3.8, 4) is 0 Å². The molecule has 0 spiro atoms. The number of nitrogens with one attached hydrogen (secondary N) is 1. The highest BCUT2D eigenvalue weighted by molar-refractivity contribution is 5.73. The first-order valence-corrected chi connectivity index (χ1v) is 7.35. The summed E-state index contributed by atoms with van der Waals surface area (Å²) < 4.78 is 0.